The molecule has 3 aliphatic rings. The second kappa shape index (κ2) is 7.87. The Labute approximate surface area is 244 Å². The van der Waals surface area contributed by atoms with E-state index in [0.717, 1.165) is 11.4 Å². The van der Waals surface area contributed by atoms with Gasteiger partial charge in [-0.05, 0) is 90.2 Å². The lowest BCUT2D eigenvalue weighted by atomic mass is 9.70. The molecule has 1 spiro atoms. The summed E-state index contributed by atoms with van der Waals surface area (Å²) in [5.41, 5.74) is 17.9. The van der Waals surface area contributed by atoms with Crippen molar-refractivity contribution in [1.29, 1.82) is 0 Å². The van der Waals surface area contributed by atoms with Gasteiger partial charge in [-0.2, -0.15) is 0 Å². The zero-order valence-corrected chi connectivity index (χ0v) is 22.9. The van der Waals surface area contributed by atoms with Crippen LogP contribution in [-0.2, 0) is 5.41 Å². The van der Waals surface area contributed by atoms with Gasteiger partial charge in [-0.1, -0.05) is 127 Å². The van der Waals surface area contributed by atoms with Gasteiger partial charge in [0.05, 0.1) is 5.41 Å². The number of hydrogen-bond acceptors (Lipinski definition) is 1. The molecule has 0 fully saturated rings. The summed E-state index contributed by atoms with van der Waals surface area (Å²) in [7, 11) is 0. The van der Waals surface area contributed by atoms with Crippen LogP contribution in [0.15, 0.2) is 146 Å². The van der Waals surface area contributed by atoms with Gasteiger partial charge in [0.15, 0.2) is 0 Å². The van der Waals surface area contributed by atoms with Gasteiger partial charge in [0, 0.05) is 16.9 Å². The minimum atomic E-state index is -0.327. The molecule has 0 aliphatic heterocycles. The average Bonchev–Trinajstić information content (AvgIpc) is 3.65. The predicted octanol–water partition coefficient (Wildman–Crippen LogP) is 10.6. The fourth-order valence-corrected chi connectivity index (χ4v) is 8.27. The Morgan fingerprint density at radius 1 is 0.381 bits per heavy atom. The Morgan fingerprint density at radius 3 is 1.64 bits per heavy atom. The van der Waals surface area contributed by atoms with E-state index in [4.69, 9.17) is 0 Å². The van der Waals surface area contributed by atoms with Crippen molar-refractivity contribution in [2.45, 2.75) is 5.41 Å². The lowest BCUT2D eigenvalue weighted by Crippen LogP contribution is -2.25. The van der Waals surface area contributed by atoms with Gasteiger partial charge in [0.25, 0.3) is 0 Å². The van der Waals surface area contributed by atoms with Crippen LogP contribution in [0, 0.1) is 0 Å². The number of hydrogen-bond donors (Lipinski definition) is 1. The van der Waals surface area contributed by atoms with Crippen molar-refractivity contribution in [2.24, 2.45) is 0 Å². The van der Waals surface area contributed by atoms with Crippen molar-refractivity contribution in [1.82, 2.24) is 0 Å². The summed E-state index contributed by atoms with van der Waals surface area (Å²) < 4.78 is 0. The molecule has 1 nitrogen and oxygen atoms in total. The molecule has 7 aromatic rings. The van der Waals surface area contributed by atoms with E-state index in [1.165, 1.54) is 77.5 Å². The Hall–Kier alpha value is -5.40. The van der Waals surface area contributed by atoms with Crippen LogP contribution in [0.2, 0.25) is 0 Å². The van der Waals surface area contributed by atoms with Gasteiger partial charge < -0.3 is 5.32 Å². The number of nitrogens with one attached hydrogen (secondary N) is 1. The molecular weight excluding hydrogens is 506 g/mol. The smallest absolute Gasteiger partial charge is 0.0726 e. The highest BCUT2D eigenvalue weighted by Crippen LogP contribution is 2.64. The molecule has 0 unspecified atom stereocenters. The first kappa shape index (κ1) is 22.3. The largest absolute Gasteiger partial charge is 0.355 e. The Bertz CT molecular complexity index is 2240. The summed E-state index contributed by atoms with van der Waals surface area (Å²) in [5, 5.41) is 6.55. The first-order valence-corrected chi connectivity index (χ1v) is 14.7. The lowest BCUT2D eigenvalue weighted by Gasteiger charge is -2.30. The predicted molar refractivity (Wildman–Crippen MR) is 174 cm³/mol. The molecule has 0 amide bonds. The molecule has 1 N–H and O–H groups in total. The quantitative estimate of drug-likeness (QED) is 0.234. The summed E-state index contributed by atoms with van der Waals surface area (Å²) >= 11 is 0. The maximum absolute atomic E-state index is 3.89. The minimum Gasteiger partial charge on any atom is -0.355 e. The SMILES string of the molecule is c1ccc2c(c1)-c1ccccc1C21c2ccccc2-c2c(Nc3ccc4c(c3)-c3cccc5cccc-4c35)cccc21. The van der Waals surface area contributed by atoms with E-state index in [1.54, 1.807) is 0 Å². The van der Waals surface area contributed by atoms with E-state index >= 15 is 0 Å². The molecular formula is C41H25N. The molecule has 42 heavy (non-hydrogen) atoms. The molecule has 0 radical (unpaired) electrons. The van der Waals surface area contributed by atoms with Crippen LogP contribution in [-0.4, -0.2) is 0 Å². The fraction of sp³-hybridized carbons (Fsp3) is 0.0244. The van der Waals surface area contributed by atoms with Gasteiger partial charge in [-0.3, -0.25) is 0 Å². The molecule has 0 aromatic heterocycles. The third kappa shape index (κ3) is 2.60. The molecule has 0 saturated heterocycles. The van der Waals surface area contributed by atoms with E-state index in [1.807, 2.05) is 0 Å². The summed E-state index contributed by atoms with van der Waals surface area (Å²) in [6, 6.07) is 53.9. The van der Waals surface area contributed by atoms with Crippen LogP contribution in [0.1, 0.15) is 22.3 Å². The summed E-state index contributed by atoms with van der Waals surface area (Å²) in [5.74, 6) is 0. The van der Waals surface area contributed by atoms with E-state index in [2.05, 4.69) is 151 Å². The lowest BCUT2D eigenvalue weighted by molar-refractivity contribution is 0.794. The molecule has 194 valence electrons. The van der Waals surface area contributed by atoms with Crippen LogP contribution in [0.4, 0.5) is 11.4 Å². The van der Waals surface area contributed by atoms with Crippen molar-refractivity contribution in [3.63, 3.8) is 0 Å². The molecule has 0 saturated carbocycles. The monoisotopic (exact) mass is 531 g/mol. The second-order valence-electron chi connectivity index (χ2n) is 11.7. The van der Waals surface area contributed by atoms with E-state index in [9.17, 15) is 0 Å². The number of rotatable bonds is 2. The van der Waals surface area contributed by atoms with Crippen LogP contribution >= 0.6 is 0 Å². The first-order chi connectivity index (χ1) is 20.8. The highest BCUT2D eigenvalue weighted by atomic mass is 14.9. The Balaban J connectivity index is 1.19. The summed E-state index contributed by atoms with van der Waals surface area (Å²) in [6.07, 6.45) is 0. The summed E-state index contributed by atoms with van der Waals surface area (Å²) in [4.78, 5) is 0. The third-order valence-corrected chi connectivity index (χ3v) is 9.80. The second-order valence-corrected chi connectivity index (χ2v) is 11.7. The molecule has 1 heteroatoms. The molecule has 3 aliphatic carbocycles. The zero-order chi connectivity index (χ0) is 27.4. The number of anilines is 2. The molecule has 0 bridgehead atoms. The van der Waals surface area contributed by atoms with Crippen molar-refractivity contribution < 1.29 is 0 Å². The number of fused-ring (bicyclic) bond motifs is 13. The minimum absolute atomic E-state index is 0.327. The maximum atomic E-state index is 3.89. The number of benzene rings is 7. The van der Waals surface area contributed by atoms with Crippen molar-refractivity contribution in [2.75, 3.05) is 5.32 Å². The topological polar surface area (TPSA) is 12.0 Å². The highest BCUT2D eigenvalue weighted by molar-refractivity contribution is 6.15. The summed E-state index contributed by atoms with van der Waals surface area (Å²) in [6.45, 7) is 0. The van der Waals surface area contributed by atoms with E-state index in [0.29, 0.717) is 0 Å². The maximum Gasteiger partial charge on any atom is 0.0726 e. The van der Waals surface area contributed by atoms with Gasteiger partial charge in [0.1, 0.15) is 0 Å². The van der Waals surface area contributed by atoms with Crippen molar-refractivity contribution in [3.05, 3.63) is 168 Å². The Morgan fingerprint density at radius 2 is 0.929 bits per heavy atom. The van der Waals surface area contributed by atoms with Gasteiger partial charge in [-0.25, -0.2) is 0 Å². The standard InChI is InChI=1S/C41H25N/c1-4-17-34-28(12-1)29-13-2-5-18-35(29)41(34)36-19-6-3-14-32(36)40-37(41)20-9-21-38(40)42-26-22-23-27-30-15-7-10-25-11-8-16-31(39(25)30)33(27)24-26/h1-24,42H. The van der Waals surface area contributed by atoms with E-state index < -0.39 is 0 Å². The molecule has 0 atom stereocenters. The van der Waals surface area contributed by atoms with Crippen LogP contribution < -0.4 is 5.32 Å². The first-order valence-electron chi connectivity index (χ1n) is 14.7. The normalized spacial score (nSPS) is 13.9. The van der Waals surface area contributed by atoms with Crippen molar-refractivity contribution >= 4 is 22.1 Å². The zero-order valence-electron chi connectivity index (χ0n) is 22.9. The molecule has 10 rings (SSSR count). The van der Waals surface area contributed by atoms with Gasteiger partial charge in [0.2, 0.25) is 0 Å². The van der Waals surface area contributed by atoms with Crippen LogP contribution in [0.3, 0.4) is 0 Å². The molecule has 7 aromatic carbocycles. The van der Waals surface area contributed by atoms with Crippen LogP contribution in [0.25, 0.3) is 55.3 Å². The van der Waals surface area contributed by atoms with E-state index in [-0.39, 0.29) is 5.41 Å². The fourth-order valence-electron chi connectivity index (χ4n) is 8.27. The van der Waals surface area contributed by atoms with Crippen LogP contribution in [0.5, 0.6) is 0 Å². The van der Waals surface area contributed by atoms with Crippen molar-refractivity contribution in [3.8, 4) is 44.5 Å². The third-order valence-electron chi connectivity index (χ3n) is 9.80. The van der Waals surface area contributed by atoms with Gasteiger partial charge in [-0.15, -0.1) is 0 Å². The van der Waals surface area contributed by atoms with Gasteiger partial charge >= 0.3 is 0 Å². The average molecular weight is 532 g/mol. The Kier molecular flexibility index (Phi) is 4.18. The molecule has 0 heterocycles. The highest BCUT2D eigenvalue weighted by Gasteiger charge is 2.51.